The molecule has 0 heteroatoms. The van der Waals surface area contributed by atoms with Crippen molar-refractivity contribution in [3.05, 3.63) is 23.8 Å². The van der Waals surface area contributed by atoms with Crippen molar-refractivity contribution in [1.29, 1.82) is 0 Å². The van der Waals surface area contributed by atoms with Crippen molar-refractivity contribution in [2.75, 3.05) is 0 Å². The molecule has 17 heavy (non-hydrogen) atoms. The fourth-order valence-corrected chi connectivity index (χ4v) is 3.54. The first-order valence-corrected chi connectivity index (χ1v) is 7.23. The second-order valence-electron chi connectivity index (χ2n) is 7.22. The molecule has 0 aromatic heterocycles. The van der Waals surface area contributed by atoms with Gasteiger partial charge in [0.15, 0.2) is 0 Å². The quantitative estimate of drug-likeness (QED) is 0.585. The Kier molecular flexibility index (Phi) is 3.04. The molecule has 0 N–H and O–H groups in total. The third kappa shape index (κ3) is 1.90. The molecule has 0 amide bonds. The lowest BCUT2D eigenvalue weighted by Gasteiger charge is -2.44. The molecule has 0 fully saturated rings. The van der Waals surface area contributed by atoms with Crippen molar-refractivity contribution >= 4 is 0 Å². The molecule has 0 aromatic carbocycles. The van der Waals surface area contributed by atoms with E-state index in [2.05, 4.69) is 59.8 Å². The van der Waals surface area contributed by atoms with Gasteiger partial charge < -0.3 is 0 Å². The minimum atomic E-state index is 0.349. The average Bonchev–Trinajstić information content (AvgIpc) is 2.53. The average molecular weight is 232 g/mol. The van der Waals surface area contributed by atoms with Crippen LogP contribution in [-0.2, 0) is 0 Å². The largest absolute Gasteiger partial charge is 0.0808 e. The fraction of sp³-hybridized carbons (Fsp3) is 0.765. The lowest BCUT2D eigenvalue weighted by molar-refractivity contribution is 0.160. The van der Waals surface area contributed by atoms with Crippen LogP contribution in [0.3, 0.4) is 0 Å². The summed E-state index contributed by atoms with van der Waals surface area (Å²) in [5.41, 5.74) is 2.48. The summed E-state index contributed by atoms with van der Waals surface area (Å²) in [7, 11) is 0. The molecule has 2 aliphatic carbocycles. The Morgan fingerprint density at radius 2 is 1.59 bits per heavy atom. The van der Waals surface area contributed by atoms with Crippen LogP contribution in [0.5, 0.6) is 0 Å². The first-order valence-electron chi connectivity index (χ1n) is 7.23. The van der Waals surface area contributed by atoms with Gasteiger partial charge in [0.25, 0.3) is 0 Å². The predicted octanol–water partition coefficient (Wildman–Crippen LogP) is 5.22. The Morgan fingerprint density at radius 1 is 0.941 bits per heavy atom. The molecular weight excluding hydrogens is 204 g/mol. The van der Waals surface area contributed by atoms with E-state index in [1.54, 1.807) is 5.57 Å². The molecule has 0 aromatic rings. The summed E-state index contributed by atoms with van der Waals surface area (Å²) >= 11 is 0. The summed E-state index contributed by atoms with van der Waals surface area (Å²) in [6, 6.07) is 0. The lowest BCUT2D eigenvalue weighted by Crippen LogP contribution is -2.35. The zero-order chi connectivity index (χ0) is 12.8. The van der Waals surface area contributed by atoms with Crippen molar-refractivity contribution in [3.63, 3.8) is 0 Å². The molecule has 0 heterocycles. The molecule has 2 aliphatic rings. The number of hydrogen-bond donors (Lipinski definition) is 0. The smallest absolute Gasteiger partial charge is 0.00953 e. The molecule has 2 bridgehead atoms. The number of fused-ring (bicyclic) bond motifs is 2. The first kappa shape index (κ1) is 12.9. The fourth-order valence-electron chi connectivity index (χ4n) is 3.54. The van der Waals surface area contributed by atoms with E-state index in [9.17, 15) is 0 Å². The molecule has 0 radical (unpaired) electrons. The molecule has 0 saturated carbocycles. The lowest BCUT2D eigenvalue weighted by atomic mass is 9.60. The third-order valence-electron chi connectivity index (χ3n) is 5.31. The Labute approximate surface area is 107 Å². The summed E-state index contributed by atoms with van der Waals surface area (Å²) in [5, 5.41) is 0. The maximum atomic E-state index is 2.60. The van der Waals surface area contributed by atoms with Crippen molar-refractivity contribution in [1.82, 2.24) is 0 Å². The Hall–Kier alpha value is -0.520. The second kappa shape index (κ2) is 4.00. The van der Waals surface area contributed by atoms with Crippen LogP contribution in [0, 0.1) is 28.6 Å². The van der Waals surface area contributed by atoms with Gasteiger partial charge in [-0.05, 0) is 36.0 Å². The van der Waals surface area contributed by atoms with E-state index in [0.29, 0.717) is 22.7 Å². The van der Waals surface area contributed by atoms with Crippen LogP contribution >= 0.6 is 0 Å². The number of rotatable bonds is 3. The third-order valence-corrected chi connectivity index (χ3v) is 5.31. The van der Waals surface area contributed by atoms with Crippen molar-refractivity contribution in [3.8, 4) is 0 Å². The van der Waals surface area contributed by atoms with E-state index in [1.165, 1.54) is 12.8 Å². The normalized spacial score (nSPS) is 36.2. The van der Waals surface area contributed by atoms with E-state index >= 15 is 0 Å². The van der Waals surface area contributed by atoms with Gasteiger partial charge in [-0.1, -0.05) is 65.3 Å². The molecule has 0 nitrogen and oxygen atoms in total. The van der Waals surface area contributed by atoms with Crippen LogP contribution in [0.1, 0.15) is 54.4 Å². The van der Waals surface area contributed by atoms with Gasteiger partial charge in [0.05, 0.1) is 0 Å². The van der Waals surface area contributed by atoms with Crippen LogP contribution in [0.4, 0.5) is 0 Å². The maximum absolute atomic E-state index is 2.60. The monoisotopic (exact) mass is 232 g/mol. The highest BCUT2D eigenvalue weighted by molar-refractivity contribution is 5.34. The topological polar surface area (TPSA) is 0 Å². The summed E-state index contributed by atoms with van der Waals surface area (Å²) in [5.74, 6) is 2.17. The Morgan fingerprint density at radius 3 is 2.06 bits per heavy atom. The maximum Gasteiger partial charge on any atom is 0.00953 e. The summed E-state index contributed by atoms with van der Waals surface area (Å²) in [6.07, 6.45) is 10.3. The van der Waals surface area contributed by atoms with Crippen LogP contribution in [0.15, 0.2) is 23.8 Å². The second-order valence-corrected chi connectivity index (χ2v) is 7.22. The Balaban J connectivity index is 2.44. The first-order chi connectivity index (χ1) is 7.81. The summed E-state index contributed by atoms with van der Waals surface area (Å²) in [4.78, 5) is 0. The van der Waals surface area contributed by atoms with Crippen molar-refractivity contribution < 1.29 is 0 Å². The highest BCUT2D eigenvalue weighted by atomic mass is 14.5. The molecule has 0 saturated heterocycles. The molecule has 2 rings (SSSR count). The van der Waals surface area contributed by atoms with Gasteiger partial charge in [-0.2, -0.15) is 0 Å². The molecule has 2 unspecified atom stereocenters. The molecule has 0 spiro atoms. The van der Waals surface area contributed by atoms with Gasteiger partial charge in [-0.3, -0.25) is 0 Å². The van der Waals surface area contributed by atoms with Gasteiger partial charge in [-0.15, -0.1) is 0 Å². The van der Waals surface area contributed by atoms with E-state index in [0.717, 1.165) is 5.92 Å². The number of hydrogen-bond acceptors (Lipinski definition) is 0. The van der Waals surface area contributed by atoms with Crippen LogP contribution < -0.4 is 0 Å². The Bertz CT molecular complexity index is 356. The van der Waals surface area contributed by atoms with Gasteiger partial charge in [0.1, 0.15) is 0 Å². The van der Waals surface area contributed by atoms with Gasteiger partial charge in [0.2, 0.25) is 0 Å². The van der Waals surface area contributed by atoms with Gasteiger partial charge in [-0.25, -0.2) is 0 Å². The summed E-state index contributed by atoms with van der Waals surface area (Å²) < 4.78 is 0. The van der Waals surface area contributed by atoms with Crippen LogP contribution in [0.25, 0.3) is 0 Å². The van der Waals surface area contributed by atoms with Crippen molar-refractivity contribution in [2.45, 2.75) is 54.4 Å². The summed E-state index contributed by atoms with van der Waals surface area (Å²) in [6.45, 7) is 14.2. The number of allylic oxidation sites excluding steroid dienone is 4. The molecule has 96 valence electrons. The minimum Gasteiger partial charge on any atom is -0.0808 e. The van der Waals surface area contributed by atoms with Crippen LogP contribution in [0.2, 0.25) is 0 Å². The zero-order valence-corrected chi connectivity index (χ0v) is 12.4. The van der Waals surface area contributed by atoms with Crippen molar-refractivity contribution in [2.24, 2.45) is 28.6 Å². The highest BCUT2D eigenvalue weighted by Gasteiger charge is 2.49. The minimum absolute atomic E-state index is 0.349. The molecule has 2 atom stereocenters. The zero-order valence-electron chi connectivity index (χ0n) is 12.4. The molecule has 0 aliphatic heterocycles. The highest BCUT2D eigenvalue weighted by Crippen LogP contribution is 2.59. The van der Waals surface area contributed by atoms with Crippen LogP contribution in [-0.4, -0.2) is 0 Å². The SMILES string of the molecule is CC(C)C1=CC2(C(C)C)C=CC(C(C)C)(C1)C2. The van der Waals surface area contributed by atoms with E-state index in [1.807, 2.05) is 0 Å². The van der Waals surface area contributed by atoms with E-state index < -0.39 is 0 Å². The molecular formula is C17H28. The van der Waals surface area contributed by atoms with E-state index in [-0.39, 0.29) is 0 Å². The standard InChI is InChI=1S/C17H28/c1-12(2)15-9-16(13(3)4)7-8-17(10-15,11-16)14(5)6/h7-9,12-14H,10-11H2,1-6H3. The van der Waals surface area contributed by atoms with Gasteiger partial charge >= 0.3 is 0 Å². The van der Waals surface area contributed by atoms with E-state index in [4.69, 9.17) is 0 Å². The predicted molar refractivity (Wildman–Crippen MR) is 75.8 cm³/mol. The van der Waals surface area contributed by atoms with Gasteiger partial charge in [0, 0.05) is 5.41 Å².